The van der Waals surface area contributed by atoms with Crippen LogP contribution in [-0.4, -0.2) is 22.9 Å². The van der Waals surface area contributed by atoms with E-state index in [0.29, 0.717) is 23.1 Å². The number of aryl methyl sites for hydroxylation is 1. The van der Waals surface area contributed by atoms with Gasteiger partial charge in [0.2, 0.25) is 5.91 Å². The highest BCUT2D eigenvalue weighted by Crippen LogP contribution is 2.19. The van der Waals surface area contributed by atoms with Crippen molar-refractivity contribution in [2.24, 2.45) is 0 Å². The first-order valence-electron chi connectivity index (χ1n) is 7.82. The Bertz CT molecular complexity index is 802. The van der Waals surface area contributed by atoms with E-state index in [-0.39, 0.29) is 12.3 Å². The molecule has 0 unspecified atom stereocenters. The first kappa shape index (κ1) is 21.6. The summed E-state index contributed by atoms with van der Waals surface area (Å²) in [7, 11) is 0. The highest BCUT2D eigenvalue weighted by molar-refractivity contribution is 8.04. The van der Waals surface area contributed by atoms with Gasteiger partial charge in [0.15, 0.2) is 0 Å². The van der Waals surface area contributed by atoms with Crippen LogP contribution >= 0.6 is 23.4 Å². The van der Waals surface area contributed by atoms with E-state index in [0.717, 1.165) is 5.56 Å². The molecular formula is C20H20ClNO3S. The number of carbonyl (C=O) groups is 2. The van der Waals surface area contributed by atoms with Crippen molar-refractivity contribution in [3.8, 4) is 12.8 Å². The number of thioether (sulfide) groups is 1. The SMILES string of the molecule is C#C.O=C(O)C/C=C(/Cl)SCNC(=O)CCc1ccc2ccccc2c1. The predicted molar refractivity (Wildman–Crippen MR) is 109 cm³/mol. The molecule has 0 aliphatic heterocycles. The summed E-state index contributed by atoms with van der Waals surface area (Å²) in [5.41, 5.74) is 1.12. The molecule has 2 N–H and O–H groups in total. The summed E-state index contributed by atoms with van der Waals surface area (Å²) >= 11 is 7.05. The Morgan fingerprint density at radius 2 is 1.85 bits per heavy atom. The Morgan fingerprint density at radius 3 is 2.54 bits per heavy atom. The summed E-state index contributed by atoms with van der Waals surface area (Å²) in [5.74, 6) is -0.669. The van der Waals surface area contributed by atoms with Gasteiger partial charge in [-0.15, -0.1) is 12.8 Å². The lowest BCUT2D eigenvalue weighted by molar-refractivity contribution is -0.136. The number of carbonyl (C=O) groups excluding carboxylic acids is 1. The number of rotatable bonds is 8. The molecule has 0 atom stereocenters. The Morgan fingerprint density at radius 1 is 1.15 bits per heavy atom. The van der Waals surface area contributed by atoms with Crippen molar-refractivity contribution in [1.29, 1.82) is 0 Å². The Labute approximate surface area is 162 Å². The Balaban J connectivity index is 0.00000163. The molecule has 0 fully saturated rings. The third kappa shape index (κ3) is 8.11. The van der Waals surface area contributed by atoms with E-state index in [4.69, 9.17) is 16.7 Å². The van der Waals surface area contributed by atoms with Crippen LogP contribution in [0, 0.1) is 12.8 Å². The minimum atomic E-state index is -0.937. The number of fused-ring (bicyclic) bond motifs is 1. The molecule has 0 aliphatic carbocycles. The van der Waals surface area contributed by atoms with Crippen LogP contribution in [0.2, 0.25) is 0 Å². The molecule has 1 amide bonds. The molecule has 0 radical (unpaired) electrons. The summed E-state index contributed by atoms with van der Waals surface area (Å²) in [6, 6.07) is 14.3. The number of carboxylic acid groups (broad SMARTS) is 1. The minimum Gasteiger partial charge on any atom is -0.481 e. The van der Waals surface area contributed by atoms with Crippen LogP contribution in [0.15, 0.2) is 52.9 Å². The van der Waals surface area contributed by atoms with Gasteiger partial charge in [-0.05, 0) is 28.8 Å². The fraction of sp³-hybridized carbons (Fsp3) is 0.200. The number of benzene rings is 2. The van der Waals surface area contributed by atoms with Gasteiger partial charge in [-0.25, -0.2) is 0 Å². The monoisotopic (exact) mass is 389 g/mol. The first-order chi connectivity index (χ1) is 12.5. The predicted octanol–water partition coefficient (Wildman–Crippen LogP) is 4.38. The highest BCUT2D eigenvalue weighted by Gasteiger charge is 2.04. The van der Waals surface area contributed by atoms with E-state index in [2.05, 4.69) is 42.4 Å². The number of hydrogen-bond acceptors (Lipinski definition) is 3. The first-order valence-corrected chi connectivity index (χ1v) is 9.19. The maximum atomic E-state index is 11.8. The second-order valence-electron chi connectivity index (χ2n) is 5.18. The maximum absolute atomic E-state index is 11.8. The van der Waals surface area contributed by atoms with Gasteiger partial charge >= 0.3 is 5.97 Å². The lowest BCUT2D eigenvalue weighted by Crippen LogP contribution is -2.22. The molecule has 4 nitrogen and oxygen atoms in total. The Kier molecular flexibility index (Phi) is 9.99. The molecule has 2 rings (SSSR count). The fourth-order valence-corrected chi connectivity index (χ4v) is 2.97. The molecule has 6 heteroatoms. The Hall–Kier alpha value is -2.42. The number of aliphatic carboxylic acids is 1. The van der Waals surface area contributed by atoms with Crippen molar-refractivity contribution in [2.75, 3.05) is 5.88 Å². The van der Waals surface area contributed by atoms with Crippen molar-refractivity contribution in [3.63, 3.8) is 0 Å². The van der Waals surface area contributed by atoms with E-state index >= 15 is 0 Å². The van der Waals surface area contributed by atoms with Gasteiger partial charge in [-0.2, -0.15) is 0 Å². The second kappa shape index (κ2) is 12.0. The molecule has 0 aromatic heterocycles. The van der Waals surface area contributed by atoms with Crippen molar-refractivity contribution in [3.05, 3.63) is 58.5 Å². The molecule has 26 heavy (non-hydrogen) atoms. The van der Waals surface area contributed by atoms with Gasteiger partial charge in [0.25, 0.3) is 0 Å². The zero-order valence-corrected chi connectivity index (χ0v) is 15.7. The van der Waals surface area contributed by atoms with Crippen LogP contribution in [0.5, 0.6) is 0 Å². The molecule has 0 saturated heterocycles. The van der Waals surface area contributed by atoms with Gasteiger partial charge in [0.1, 0.15) is 0 Å². The van der Waals surface area contributed by atoms with Crippen molar-refractivity contribution >= 4 is 46.0 Å². The summed E-state index contributed by atoms with van der Waals surface area (Å²) in [6.45, 7) is 0. The molecule has 0 saturated carbocycles. The number of amides is 1. The van der Waals surface area contributed by atoms with E-state index in [1.807, 2.05) is 18.2 Å². The van der Waals surface area contributed by atoms with Crippen LogP contribution in [-0.2, 0) is 16.0 Å². The molecule has 2 aromatic carbocycles. The smallest absolute Gasteiger partial charge is 0.307 e. The number of terminal acetylenes is 1. The molecule has 136 valence electrons. The molecule has 0 spiro atoms. The van der Waals surface area contributed by atoms with Crippen molar-refractivity contribution in [2.45, 2.75) is 19.3 Å². The third-order valence-electron chi connectivity index (χ3n) is 3.37. The molecule has 0 aliphatic rings. The zero-order valence-electron chi connectivity index (χ0n) is 14.2. The van der Waals surface area contributed by atoms with Gasteiger partial charge in [-0.1, -0.05) is 65.8 Å². The molecule has 0 bridgehead atoms. The van der Waals surface area contributed by atoms with E-state index < -0.39 is 5.97 Å². The number of carboxylic acids is 1. The van der Waals surface area contributed by atoms with Crippen LogP contribution in [0.3, 0.4) is 0 Å². The standard InChI is InChI=1S/C18H18ClNO3S.C2H2/c19-16(8-10-18(22)23)24-12-20-17(21)9-6-13-5-7-14-3-1-2-4-15(14)11-13;1-2/h1-5,7-8,11H,6,9-10,12H2,(H,20,21)(H,22,23);1-2H/b16-8-;. The molecule has 2 aromatic rings. The lowest BCUT2D eigenvalue weighted by atomic mass is 10.0. The largest absolute Gasteiger partial charge is 0.481 e. The highest BCUT2D eigenvalue weighted by atomic mass is 35.5. The second-order valence-corrected chi connectivity index (χ2v) is 6.82. The average molecular weight is 390 g/mol. The van der Waals surface area contributed by atoms with Crippen LogP contribution in [0.4, 0.5) is 0 Å². The van der Waals surface area contributed by atoms with Gasteiger partial charge in [0.05, 0.1) is 16.7 Å². The minimum absolute atomic E-state index is 0.0571. The van der Waals surface area contributed by atoms with Crippen molar-refractivity contribution in [1.82, 2.24) is 5.32 Å². The maximum Gasteiger partial charge on any atom is 0.307 e. The topological polar surface area (TPSA) is 66.4 Å². The zero-order chi connectivity index (χ0) is 19.4. The van der Waals surface area contributed by atoms with Gasteiger partial charge < -0.3 is 10.4 Å². The molecule has 0 heterocycles. The third-order valence-corrected chi connectivity index (χ3v) is 4.58. The normalized spacial score (nSPS) is 10.7. The van der Waals surface area contributed by atoms with Crippen LogP contribution in [0.1, 0.15) is 18.4 Å². The summed E-state index contributed by atoms with van der Waals surface area (Å²) < 4.78 is 0.368. The van der Waals surface area contributed by atoms with Gasteiger partial charge in [0, 0.05) is 6.42 Å². The van der Waals surface area contributed by atoms with E-state index in [1.54, 1.807) is 0 Å². The summed E-state index contributed by atoms with van der Waals surface area (Å²) in [5, 5.41) is 13.7. The van der Waals surface area contributed by atoms with E-state index in [9.17, 15) is 9.59 Å². The van der Waals surface area contributed by atoms with Crippen LogP contribution < -0.4 is 5.32 Å². The molecular weight excluding hydrogens is 370 g/mol. The quantitative estimate of drug-likeness (QED) is 0.519. The number of halogens is 1. The fourth-order valence-electron chi connectivity index (χ4n) is 2.15. The van der Waals surface area contributed by atoms with Crippen LogP contribution in [0.25, 0.3) is 10.8 Å². The van der Waals surface area contributed by atoms with Crippen molar-refractivity contribution < 1.29 is 14.7 Å². The summed E-state index contributed by atoms with van der Waals surface area (Å²) in [4.78, 5) is 22.3. The lowest BCUT2D eigenvalue weighted by Gasteiger charge is -2.06. The summed E-state index contributed by atoms with van der Waals surface area (Å²) in [6.07, 6.45) is 10.4. The average Bonchev–Trinajstić information content (AvgIpc) is 2.66. The van der Waals surface area contributed by atoms with E-state index in [1.165, 1.54) is 28.6 Å². The number of hydrogen-bond donors (Lipinski definition) is 2. The number of nitrogens with one attached hydrogen (secondary N) is 1. The van der Waals surface area contributed by atoms with Gasteiger partial charge in [-0.3, -0.25) is 9.59 Å².